The normalized spacial score (nSPS) is 10.4. The van der Waals surface area contributed by atoms with Crippen molar-refractivity contribution in [3.8, 4) is 0 Å². The second-order valence-electron chi connectivity index (χ2n) is 5.59. The topological polar surface area (TPSA) is 84.5 Å². The van der Waals surface area contributed by atoms with Crippen LogP contribution in [-0.2, 0) is 0 Å². The van der Waals surface area contributed by atoms with Crippen LogP contribution in [0.4, 0.5) is 11.4 Å². The number of nitrogen functional groups attached to an aromatic ring is 1. The average molecular weight is 331 g/mol. The summed E-state index contributed by atoms with van der Waals surface area (Å²) < 4.78 is 0. The average Bonchev–Trinajstić information content (AvgIpc) is 2.67. The van der Waals surface area contributed by atoms with Crippen molar-refractivity contribution in [1.29, 1.82) is 0 Å². The van der Waals surface area contributed by atoms with Gasteiger partial charge in [-0.1, -0.05) is 60.7 Å². The summed E-state index contributed by atoms with van der Waals surface area (Å²) in [4.78, 5) is 23.5. The third-order valence-electron chi connectivity index (χ3n) is 3.93. The first-order chi connectivity index (χ1) is 12.2. The van der Waals surface area contributed by atoms with E-state index in [1.807, 2.05) is 60.7 Å². The van der Waals surface area contributed by atoms with E-state index in [0.717, 1.165) is 11.1 Å². The number of nitrogens with zero attached hydrogens (tertiary/aromatic N) is 1. The van der Waals surface area contributed by atoms with Crippen LogP contribution in [0.2, 0.25) is 0 Å². The van der Waals surface area contributed by atoms with Gasteiger partial charge in [0, 0.05) is 5.69 Å². The van der Waals surface area contributed by atoms with E-state index in [1.165, 1.54) is 18.2 Å². The molecule has 0 aromatic heterocycles. The number of hydrogen-bond acceptors (Lipinski definition) is 4. The van der Waals surface area contributed by atoms with Crippen LogP contribution in [0.3, 0.4) is 0 Å². The second kappa shape index (κ2) is 7.40. The molecule has 124 valence electrons. The van der Waals surface area contributed by atoms with Crippen LogP contribution in [0.1, 0.15) is 27.5 Å². The number of nitrogens with one attached hydrogen (secondary N) is 1. The monoisotopic (exact) mass is 331 g/mol. The number of amides is 1. The summed E-state index contributed by atoms with van der Waals surface area (Å²) >= 11 is 0. The summed E-state index contributed by atoms with van der Waals surface area (Å²) in [7, 11) is 0. The number of carbonyl (C=O) groups excluding carboxylic acids is 1. The van der Waals surface area contributed by atoms with E-state index in [1.54, 1.807) is 0 Å². The quantitative estimate of drug-likeness (QED) is 0.543. The van der Waals surface area contributed by atoms with Gasteiger partial charge in [0.1, 0.15) is 5.69 Å². The molecule has 0 heterocycles. The number of nitrogens with two attached hydrogens (primary N) is 1. The molecule has 0 aliphatic carbocycles. The highest BCUT2D eigenvalue weighted by Crippen LogP contribution is 2.25. The maximum Gasteiger partial charge on any atom is 0.254 e. The molecule has 0 radical (unpaired) electrons. The molecule has 1 amide bonds. The molecule has 0 saturated carbocycles. The van der Waals surface area contributed by atoms with Gasteiger partial charge in [0.25, 0.3) is 5.91 Å². The number of anilines is 1. The fourth-order valence-electron chi connectivity index (χ4n) is 2.66. The van der Waals surface area contributed by atoms with E-state index in [2.05, 4.69) is 10.5 Å². The summed E-state index contributed by atoms with van der Waals surface area (Å²) in [6.45, 7) is 0. The third kappa shape index (κ3) is 3.72. The zero-order chi connectivity index (χ0) is 17.6. The molecule has 3 rings (SSSR count). The van der Waals surface area contributed by atoms with Crippen LogP contribution in [0.5, 0.6) is 0 Å². The third-order valence-corrected chi connectivity index (χ3v) is 3.93. The predicted molar refractivity (Wildman–Crippen MR) is 98.5 cm³/mol. The lowest BCUT2D eigenvalue weighted by Gasteiger charge is -2.20. The van der Waals surface area contributed by atoms with Gasteiger partial charge in [-0.15, -0.1) is 4.91 Å². The van der Waals surface area contributed by atoms with Crippen LogP contribution < -0.4 is 11.1 Å². The lowest BCUT2D eigenvalue weighted by Crippen LogP contribution is -2.29. The number of benzene rings is 3. The van der Waals surface area contributed by atoms with Crippen LogP contribution in [-0.4, -0.2) is 5.91 Å². The Kier molecular flexibility index (Phi) is 4.85. The molecular weight excluding hydrogens is 314 g/mol. The summed E-state index contributed by atoms with van der Waals surface area (Å²) in [6.07, 6.45) is 0. The van der Waals surface area contributed by atoms with Gasteiger partial charge in [-0.3, -0.25) is 4.79 Å². The van der Waals surface area contributed by atoms with Gasteiger partial charge in [-0.05, 0) is 34.5 Å². The van der Waals surface area contributed by atoms with Crippen LogP contribution >= 0.6 is 0 Å². The van der Waals surface area contributed by atoms with Crippen molar-refractivity contribution < 1.29 is 4.79 Å². The Morgan fingerprint density at radius 3 is 1.96 bits per heavy atom. The van der Waals surface area contributed by atoms with Crippen molar-refractivity contribution in [2.45, 2.75) is 6.04 Å². The number of nitroso groups, excluding NO2 is 1. The highest BCUT2D eigenvalue weighted by molar-refractivity contribution is 6.00. The highest BCUT2D eigenvalue weighted by Gasteiger charge is 2.19. The Balaban J connectivity index is 1.96. The van der Waals surface area contributed by atoms with Crippen molar-refractivity contribution in [3.05, 3.63) is 100 Å². The first kappa shape index (κ1) is 16.4. The van der Waals surface area contributed by atoms with Crippen LogP contribution in [0, 0.1) is 4.91 Å². The van der Waals surface area contributed by atoms with Gasteiger partial charge in [0.15, 0.2) is 0 Å². The van der Waals surface area contributed by atoms with Gasteiger partial charge in [0.05, 0.1) is 11.6 Å². The van der Waals surface area contributed by atoms with E-state index in [9.17, 15) is 9.70 Å². The molecule has 0 atom stereocenters. The molecule has 0 bridgehead atoms. The van der Waals surface area contributed by atoms with E-state index < -0.39 is 0 Å². The molecule has 0 aliphatic rings. The molecule has 3 N–H and O–H groups in total. The fourth-order valence-corrected chi connectivity index (χ4v) is 2.66. The molecule has 0 aliphatic heterocycles. The number of carbonyl (C=O) groups is 1. The Bertz CT molecular complexity index is 840. The minimum atomic E-state index is -0.360. The van der Waals surface area contributed by atoms with E-state index in [0.29, 0.717) is 5.69 Å². The van der Waals surface area contributed by atoms with E-state index in [4.69, 9.17) is 5.73 Å². The Hall–Kier alpha value is -3.47. The highest BCUT2D eigenvalue weighted by atomic mass is 16.3. The Morgan fingerprint density at radius 2 is 1.44 bits per heavy atom. The number of rotatable bonds is 5. The molecule has 3 aromatic carbocycles. The minimum absolute atomic E-state index is 0.162. The predicted octanol–water partition coefficient (Wildman–Crippen LogP) is 4.19. The lowest BCUT2D eigenvalue weighted by molar-refractivity contribution is 0.0944. The van der Waals surface area contributed by atoms with E-state index >= 15 is 0 Å². The van der Waals surface area contributed by atoms with Crippen molar-refractivity contribution in [2.75, 3.05) is 5.73 Å². The molecule has 0 fully saturated rings. The summed E-state index contributed by atoms with van der Waals surface area (Å²) in [5, 5.41) is 5.86. The molecule has 5 nitrogen and oxygen atoms in total. The fraction of sp³-hybridized carbons (Fsp3) is 0.0500. The zero-order valence-electron chi connectivity index (χ0n) is 13.4. The summed E-state index contributed by atoms with van der Waals surface area (Å²) in [5.41, 5.74) is 8.48. The zero-order valence-corrected chi connectivity index (χ0v) is 13.4. The first-order valence-electron chi connectivity index (χ1n) is 7.82. The first-order valence-corrected chi connectivity index (χ1v) is 7.82. The maximum absolute atomic E-state index is 12.8. The smallest absolute Gasteiger partial charge is 0.254 e. The Morgan fingerprint density at radius 1 is 0.880 bits per heavy atom. The second-order valence-corrected chi connectivity index (χ2v) is 5.59. The molecule has 25 heavy (non-hydrogen) atoms. The van der Waals surface area contributed by atoms with E-state index in [-0.39, 0.29) is 23.2 Å². The van der Waals surface area contributed by atoms with Gasteiger partial charge in [0.2, 0.25) is 0 Å². The Labute approximate surface area is 145 Å². The van der Waals surface area contributed by atoms with Crippen molar-refractivity contribution in [1.82, 2.24) is 5.32 Å². The standard InChI is InChI=1S/C20H17N3O2/c21-18-12-11-16(23-25)13-17(18)20(24)22-19(14-7-3-1-4-8-14)15-9-5-2-6-10-15/h1-13,19H,21H2,(H,22,24). The van der Waals surface area contributed by atoms with Crippen molar-refractivity contribution >= 4 is 17.3 Å². The maximum atomic E-state index is 12.8. The van der Waals surface area contributed by atoms with Gasteiger partial charge >= 0.3 is 0 Å². The van der Waals surface area contributed by atoms with Crippen LogP contribution in [0.25, 0.3) is 0 Å². The molecule has 5 heteroatoms. The van der Waals surface area contributed by atoms with Crippen molar-refractivity contribution in [3.63, 3.8) is 0 Å². The SMILES string of the molecule is Nc1ccc(N=O)cc1C(=O)NC(c1ccccc1)c1ccccc1. The van der Waals surface area contributed by atoms with Gasteiger partial charge in [-0.2, -0.15) is 0 Å². The minimum Gasteiger partial charge on any atom is -0.398 e. The van der Waals surface area contributed by atoms with Crippen molar-refractivity contribution in [2.24, 2.45) is 5.18 Å². The molecular formula is C20H17N3O2. The number of hydrogen-bond donors (Lipinski definition) is 2. The van der Waals surface area contributed by atoms with Gasteiger partial charge in [-0.25, -0.2) is 0 Å². The van der Waals surface area contributed by atoms with Gasteiger partial charge < -0.3 is 11.1 Å². The summed E-state index contributed by atoms with van der Waals surface area (Å²) in [5.74, 6) is -0.360. The molecule has 0 spiro atoms. The van der Waals surface area contributed by atoms with Crippen LogP contribution in [0.15, 0.2) is 84.0 Å². The molecule has 0 saturated heterocycles. The summed E-state index contributed by atoms with van der Waals surface area (Å²) in [6, 6.07) is 23.4. The molecule has 3 aromatic rings. The largest absolute Gasteiger partial charge is 0.398 e. The molecule has 0 unspecified atom stereocenters. The lowest BCUT2D eigenvalue weighted by atomic mass is 9.98.